The summed E-state index contributed by atoms with van der Waals surface area (Å²) in [6.45, 7) is 5.93. The fourth-order valence-electron chi connectivity index (χ4n) is 4.29. The molecule has 5 N–H and O–H groups in total. The van der Waals surface area contributed by atoms with Crippen LogP contribution < -0.4 is 21.3 Å². The number of nitrogens with one attached hydrogen (secondary N) is 4. The van der Waals surface area contributed by atoms with E-state index in [0.717, 1.165) is 18.5 Å². The highest BCUT2D eigenvalue weighted by Gasteiger charge is 2.39. The minimum Gasteiger partial charge on any atom is -0.382 e. The van der Waals surface area contributed by atoms with Crippen LogP contribution in [0.1, 0.15) is 38.7 Å². The van der Waals surface area contributed by atoms with Crippen LogP contribution in [0.5, 0.6) is 0 Å². The van der Waals surface area contributed by atoms with Gasteiger partial charge in [-0.3, -0.25) is 19.7 Å². The molecule has 170 valence electrons. The molecule has 8 nitrogen and oxygen atoms in total. The minimum absolute atomic E-state index is 0.131. The molecule has 5 atom stereocenters. The van der Waals surface area contributed by atoms with Crippen LogP contribution in [0, 0.1) is 23.7 Å². The highest BCUT2D eigenvalue weighted by molar-refractivity contribution is 5.90. The van der Waals surface area contributed by atoms with Crippen LogP contribution in [0.3, 0.4) is 0 Å². The summed E-state index contributed by atoms with van der Waals surface area (Å²) in [5, 5.41) is 22.5. The summed E-state index contributed by atoms with van der Waals surface area (Å²) in [7, 11) is 0. The summed E-state index contributed by atoms with van der Waals surface area (Å²) in [5.41, 5.74) is 0.897. The highest BCUT2D eigenvalue weighted by Crippen LogP contribution is 2.25. The minimum atomic E-state index is -1.53. The Bertz CT molecular complexity index is 770. The molecule has 0 spiro atoms. The van der Waals surface area contributed by atoms with E-state index in [1.807, 2.05) is 30.3 Å². The number of amides is 3. The number of rotatable bonds is 9. The predicted molar refractivity (Wildman–Crippen MR) is 116 cm³/mol. The monoisotopic (exact) mass is 430 g/mol. The van der Waals surface area contributed by atoms with Gasteiger partial charge in [-0.05, 0) is 36.7 Å². The molecule has 2 saturated heterocycles. The lowest BCUT2D eigenvalue weighted by molar-refractivity contribution is -0.142. The van der Waals surface area contributed by atoms with E-state index < -0.39 is 23.8 Å². The van der Waals surface area contributed by atoms with Gasteiger partial charge in [0.2, 0.25) is 17.7 Å². The Morgan fingerprint density at radius 1 is 1.19 bits per heavy atom. The molecule has 0 saturated carbocycles. The maximum atomic E-state index is 13.1. The van der Waals surface area contributed by atoms with Gasteiger partial charge in [0.05, 0.1) is 12.1 Å². The topological polar surface area (TPSA) is 120 Å². The Morgan fingerprint density at radius 2 is 1.94 bits per heavy atom. The average molecular weight is 431 g/mol. The molecule has 0 aliphatic carbocycles. The molecule has 0 bridgehead atoms. The predicted octanol–water partition coefficient (Wildman–Crippen LogP) is 0.514. The molecule has 2 fully saturated rings. The SMILES string of the molecule is CC(C)[C@H]1CN[C@@H](NC(=O)[C@@H](C[C@H]2CCNC2=O)C(O)C(=O)NCc2ccccc2)C1. The smallest absolute Gasteiger partial charge is 0.249 e. The third kappa shape index (κ3) is 6.27. The van der Waals surface area contributed by atoms with E-state index >= 15 is 0 Å². The second-order valence-corrected chi connectivity index (χ2v) is 8.98. The fourth-order valence-corrected chi connectivity index (χ4v) is 4.29. The molecule has 2 heterocycles. The molecule has 0 aromatic heterocycles. The molecule has 3 rings (SSSR count). The molecule has 2 aliphatic rings. The Balaban J connectivity index is 1.63. The normalized spacial score (nSPS) is 25.2. The molecule has 8 heteroatoms. The Morgan fingerprint density at radius 3 is 2.55 bits per heavy atom. The number of aliphatic hydroxyl groups is 1. The molecule has 2 aliphatic heterocycles. The van der Waals surface area contributed by atoms with Crippen molar-refractivity contribution in [1.82, 2.24) is 21.3 Å². The van der Waals surface area contributed by atoms with Crippen molar-refractivity contribution in [2.75, 3.05) is 13.1 Å². The van der Waals surface area contributed by atoms with Crippen molar-refractivity contribution in [2.45, 2.75) is 51.9 Å². The van der Waals surface area contributed by atoms with Crippen LogP contribution in [-0.2, 0) is 20.9 Å². The Labute approximate surface area is 183 Å². The number of benzene rings is 1. The van der Waals surface area contributed by atoms with E-state index in [-0.39, 0.29) is 31.0 Å². The number of carbonyl (C=O) groups excluding carboxylic acids is 3. The van der Waals surface area contributed by atoms with Crippen LogP contribution in [0.15, 0.2) is 30.3 Å². The van der Waals surface area contributed by atoms with Crippen molar-refractivity contribution in [3.8, 4) is 0 Å². The second-order valence-electron chi connectivity index (χ2n) is 8.98. The van der Waals surface area contributed by atoms with Crippen molar-refractivity contribution < 1.29 is 19.5 Å². The molecular formula is C23H34N4O4. The molecule has 1 aromatic rings. The van der Waals surface area contributed by atoms with Gasteiger partial charge in [0.1, 0.15) is 6.10 Å². The summed E-state index contributed by atoms with van der Waals surface area (Å²) in [5.74, 6) is -1.55. The van der Waals surface area contributed by atoms with Gasteiger partial charge in [0.25, 0.3) is 0 Å². The van der Waals surface area contributed by atoms with Crippen LogP contribution in [0.4, 0.5) is 0 Å². The van der Waals surface area contributed by atoms with Gasteiger partial charge in [-0.15, -0.1) is 0 Å². The summed E-state index contributed by atoms with van der Waals surface area (Å²) in [6.07, 6.45) is -0.189. The van der Waals surface area contributed by atoms with E-state index in [2.05, 4.69) is 35.1 Å². The first kappa shape index (κ1) is 23.2. The zero-order valence-electron chi connectivity index (χ0n) is 18.3. The second kappa shape index (κ2) is 10.7. The number of carbonyl (C=O) groups is 3. The molecule has 0 radical (unpaired) electrons. The number of hydrogen-bond acceptors (Lipinski definition) is 5. The van der Waals surface area contributed by atoms with Crippen LogP contribution in [-0.4, -0.2) is 48.2 Å². The van der Waals surface area contributed by atoms with E-state index in [1.165, 1.54) is 0 Å². The van der Waals surface area contributed by atoms with Gasteiger partial charge >= 0.3 is 0 Å². The zero-order chi connectivity index (χ0) is 22.4. The molecule has 1 unspecified atom stereocenters. The quantitative estimate of drug-likeness (QED) is 0.391. The van der Waals surface area contributed by atoms with Crippen LogP contribution >= 0.6 is 0 Å². The van der Waals surface area contributed by atoms with E-state index in [9.17, 15) is 19.5 Å². The molecule has 3 amide bonds. The molecule has 1 aromatic carbocycles. The summed E-state index contributed by atoms with van der Waals surface area (Å²) < 4.78 is 0. The van der Waals surface area contributed by atoms with Crippen molar-refractivity contribution in [1.29, 1.82) is 0 Å². The van der Waals surface area contributed by atoms with Crippen molar-refractivity contribution in [2.24, 2.45) is 23.7 Å². The van der Waals surface area contributed by atoms with E-state index in [0.29, 0.717) is 24.8 Å². The van der Waals surface area contributed by atoms with E-state index in [1.54, 1.807) is 0 Å². The first-order valence-corrected chi connectivity index (χ1v) is 11.2. The lowest BCUT2D eigenvalue weighted by Gasteiger charge is -2.25. The van der Waals surface area contributed by atoms with Crippen molar-refractivity contribution >= 4 is 17.7 Å². The van der Waals surface area contributed by atoms with Gasteiger partial charge in [-0.1, -0.05) is 44.2 Å². The highest BCUT2D eigenvalue weighted by atomic mass is 16.3. The average Bonchev–Trinajstić information content (AvgIpc) is 3.39. The largest absolute Gasteiger partial charge is 0.382 e. The van der Waals surface area contributed by atoms with Crippen LogP contribution in [0.25, 0.3) is 0 Å². The standard InChI is InChI=1S/C23H34N4O4/c1-14(2)17-11-19(25-13-17)27-22(30)18(10-16-8-9-24-21(16)29)20(28)23(31)26-12-15-6-4-3-5-7-15/h3-7,14,16-20,25,28H,8-13H2,1-2H3,(H,24,29)(H,26,31)(H,27,30)/t16-,17-,18+,19+,20?/m1/s1. The maximum Gasteiger partial charge on any atom is 0.249 e. The third-order valence-electron chi connectivity index (χ3n) is 6.42. The summed E-state index contributed by atoms with van der Waals surface area (Å²) in [4.78, 5) is 37.8. The van der Waals surface area contributed by atoms with Crippen LogP contribution in [0.2, 0.25) is 0 Å². The number of hydrogen-bond donors (Lipinski definition) is 5. The van der Waals surface area contributed by atoms with Crippen molar-refractivity contribution in [3.63, 3.8) is 0 Å². The van der Waals surface area contributed by atoms with Gasteiger partial charge in [0, 0.05) is 25.6 Å². The third-order valence-corrected chi connectivity index (χ3v) is 6.42. The molecular weight excluding hydrogens is 396 g/mol. The molecule has 31 heavy (non-hydrogen) atoms. The van der Waals surface area contributed by atoms with Gasteiger partial charge in [0.15, 0.2) is 0 Å². The lowest BCUT2D eigenvalue weighted by atomic mass is 9.87. The van der Waals surface area contributed by atoms with Gasteiger partial charge in [-0.2, -0.15) is 0 Å². The van der Waals surface area contributed by atoms with Gasteiger partial charge < -0.3 is 21.1 Å². The lowest BCUT2D eigenvalue weighted by Crippen LogP contribution is -2.50. The maximum absolute atomic E-state index is 13.1. The zero-order valence-corrected chi connectivity index (χ0v) is 18.3. The van der Waals surface area contributed by atoms with Gasteiger partial charge in [-0.25, -0.2) is 0 Å². The number of aliphatic hydroxyl groups excluding tert-OH is 1. The van der Waals surface area contributed by atoms with E-state index in [4.69, 9.17) is 0 Å². The fraction of sp³-hybridized carbons (Fsp3) is 0.609. The van der Waals surface area contributed by atoms with Crippen molar-refractivity contribution in [3.05, 3.63) is 35.9 Å². The first-order valence-electron chi connectivity index (χ1n) is 11.2. The Hall–Kier alpha value is -2.45. The Kier molecular flexibility index (Phi) is 8.03. The summed E-state index contributed by atoms with van der Waals surface area (Å²) >= 11 is 0. The summed E-state index contributed by atoms with van der Waals surface area (Å²) in [6, 6.07) is 9.36. The first-order chi connectivity index (χ1) is 14.8.